The van der Waals surface area contributed by atoms with Crippen molar-refractivity contribution in [3.05, 3.63) is 35.4 Å². The molecule has 0 unspecified atom stereocenters. The molecule has 1 fully saturated rings. The van der Waals surface area contributed by atoms with E-state index in [-0.39, 0.29) is 5.91 Å². The van der Waals surface area contributed by atoms with Gasteiger partial charge in [-0.2, -0.15) is 0 Å². The van der Waals surface area contributed by atoms with Crippen molar-refractivity contribution in [3.8, 4) is 0 Å². The number of morpholine rings is 1. The Morgan fingerprint density at radius 3 is 2.58 bits per heavy atom. The fraction of sp³-hybridized carbons (Fsp3) is 0.429. The van der Waals surface area contributed by atoms with Gasteiger partial charge in [-0.15, -0.1) is 0 Å². The molecule has 0 saturated carbocycles. The van der Waals surface area contributed by atoms with E-state index in [1.807, 2.05) is 0 Å². The first kappa shape index (κ1) is 13.7. The Balaban J connectivity index is 1.75. The molecule has 1 saturated heterocycles. The maximum atomic E-state index is 11.8. The molecule has 1 heterocycles. The Hall–Kier alpha value is -1.72. The number of benzene rings is 1. The SMILES string of the molecule is O=[C]c1ccc(C(=O)NCCN2CCOCC2)cc1. The van der Waals surface area contributed by atoms with Crippen molar-refractivity contribution < 1.29 is 14.3 Å². The lowest BCUT2D eigenvalue weighted by Gasteiger charge is -2.26. The van der Waals surface area contributed by atoms with E-state index in [0.29, 0.717) is 17.7 Å². The van der Waals surface area contributed by atoms with Crippen molar-refractivity contribution in [3.63, 3.8) is 0 Å². The molecule has 1 aromatic rings. The van der Waals surface area contributed by atoms with Crippen LogP contribution in [0.25, 0.3) is 0 Å². The first-order valence-electron chi connectivity index (χ1n) is 6.36. The Morgan fingerprint density at radius 1 is 1.26 bits per heavy atom. The highest BCUT2D eigenvalue weighted by atomic mass is 16.5. The number of hydrogen-bond donors (Lipinski definition) is 1. The zero-order valence-corrected chi connectivity index (χ0v) is 10.7. The molecule has 1 N–H and O–H groups in total. The summed E-state index contributed by atoms with van der Waals surface area (Å²) >= 11 is 0. The fourth-order valence-electron chi connectivity index (χ4n) is 1.94. The summed E-state index contributed by atoms with van der Waals surface area (Å²) in [6, 6.07) is 6.43. The van der Waals surface area contributed by atoms with Crippen molar-refractivity contribution in [2.24, 2.45) is 0 Å². The number of amides is 1. The molecule has 1 radical (unpaired) electrons. The van der Waals surface area contributed by atoms with Crippen LogP contribution in [-0.4, -0.2) is 56.5 Å². The quantitative estimate of drug-likeness (QED) is 0.823. The van der Waals surface area contributed by atoms with Gasteiger partial charge in [0.2, 0.25) is 6.29 Å². The standard InChI is InChI=1S/C14H17N2O3/c17-11-12-1-3-13(4-2-12)14(18)15-5-6-16-7-9-19-10-8-16/h1-4H,5-10H2,(H,15,18). The summed E-state index contributed by atoms with van der Waals surface area (Å²) in [4.78, 5) is 24.5. The van der Waals surface area contributed by atoms with Crippen LogP contribution in [0.5, 0.6) is 0 Å². The van der Waals surface area contributed by atoms with Crippen molar-refractivity contribution >= 4 is 12.2 Å². The van der Waals surface area contributed by atoms with E-state index < -0.39 is 0 Å². The zero-order valence-electron chi connectivity index (χ0n) is 10.7. The maximum absolute atomic E-state index is 11.8. The molecular formula is C14H17N2O3. The maximum Gasteiger partial charge on any atom is 0.251 e. The fourth-order valence-corrected chi connectivity index (χ4v) is 1.94. The van der Waals surface area contributed by atoms with Gasteiger partial charge in [0, 0.05) is 37.3 Å². The first-order chi connectivity index (χ1) is 9.29. The van der Waals surface area contributed by atoms with Gasteiger partial charge < -0.3 is 10.1 Å². The van der Waals surface area contributed by atoms with Crippen LogP contribution < -0.4 is 5.32 Å². The van der Waals surface area contributed by atoms with Crippen LogP contribution in [0.15, 0.2) is 24.3 Å². The first-order valence-corrected chi connectivity index (χ1v) is 6.36. The Bertz CT molecular complexity index is 425. The minimum absolute atomic E-state index is 0.120. The van der Waals surface area contributed by atoms with Gasteiger partial charge in [-0.05, 0) is 12.1 Å². The number of rotatable bonds is 5. The summed E-state index contributed by atoms with van der Waals surface area (Å²) in [5, 5.41) is 2.86. The monoisotopic (exact) mass is 261 g/mol. The highest BCUT2D eigenvalue weighted by Crippen LogP contribution is 2.02. The second-order valence-electron chi connectivity index (χ2n) is 4.39. The number of nitrogens with one attached hydrogen (secondary N) is 1. The molecule has 0 bridgehead atoms. The molecule has 0 aromatic heterocycles. The summed E-state index contributed by atoms with van der Waals surface area (Å²) in [5.74, 6) is -0.120. The predicted molar refractivity (Wildman–Crippen MR) is 70.8 cm³/mol. The molecule has 5 nitrogen and oxygen atoms in total. The lowest BCUT2D eigenvalue weighted by molar-refractivity contribution is 0.0383. The zero-order chi connectivity index (χ0) is 13.5. The van der Waals surface area contributed by atoms with Crippen molar-refractivity contribution in [2.45, 2.75) is 0 Å². The molecule has 1 aliphatic heterocycles. The van der Waals surface area contributed by atoms with Gasteiger partial charge in [-0.1, -0.05) is 12.1 Å². The van der Waals surface area contributed by atoms with E-state index in [2.05, 4.69) is 10.2 Å². The molecule has 1 aliphatic rings. The number of carbonyl (C=O) groups excluding carboxylic acids is 2. The van der Waals surface area contributed by atoms with Crippen LogP contribution >= 0.6 is 0 Å². The molecule has 1 aromatic carbocycles. The largest absolute Gasteiger partial charge is 0.379 e. The summed E-state index contributed by atoms with van der Waals surface area (Å²) < 4.78 is 5.26. The second-order valence-corrected chi connectivity index (χ2v) is 4.39. The van der Waals surface area contributed by atoms with Crippen molar-refractivity contribution in [1.29, 1.82) is 0 Å². The highest BCUT2D eigenvalue weighted by Gasteiger charge is 2.10. The van der Waals surface area contributed by atoms with Gasteiger partial charge in [0.25, 0.3) is 5.91 Å². The third kappa shape index (κ3) is 4.15. The van der Waals surface area contributed by atoms with Crippen LogP contribution in [0.3, 0.4) is 0 Å². The summed E-state index contributed by atoms with van der Waals surface area (Å²) in [6.07, 6.45) is 1.78. The third-order valence-corrected chi connectivity index (χ3v) is 3.08. The molecule has 19 heavy (non-hydrogen) atoms. The molecule has 0 atom stereocenters. The number of ether oxygens (including phenoxy) is 1. The van der Waals surface area contributed by atoms with Gasteiger partial charge in [-0.3, -0.25) is 14.5 Å². The van der Waals surface area contributed by atoms with E-state index in [0.717, 1.165) is 32.8 Å². The van der Waals surface area contributed by atoms with Gasteiger partial charge >= 0.3 is 0 Å². The second kappa shape index (κ2) is 7.01. The lowest BCUT2D eigenvalue weighted by atomic mass is 10.1. The molecule has 2 rings (SSSR count). The van der Waals surface area contributed by atoms with E-state index >= 15 is 0 Å². The highest BCUT2D eigenvalue weighted by molar-refractivity contribution is 5.94. The van der Waals surface area contributed by atoms with E-state index in [1.165, 1.54) is 0 Å². The molecule has 1 amide bonds. The summed E-state index contributed by atoms with van der Waals surface area (Å²) in [5.41, 5.74) is 1.01. The summed E-state index contributed by atoms with van der Waals surface area (Å²) in [6.45, 7) is 4.80. The van der Waals surface area contributed by atoms with Crippen LogP contribution in [0.2, 0.25) is 0 Å². The van der Waals surface area contributed by atoms with Crippen LogP contribution in [0, 0.1) is 0 Å². The van der Waals surface area contributed by atoms with Crippen molar-refractivity contribution in [2.75, 3.05) is 39.4 Å². The molecule has 101 valence electrons. The van der Waals surface area contributed by atoms with Crippen molar-refractivity contribution in [1.82, 2.24) is 10.2 Å². The van der Waals surface area contributed by atoms with Gasteiger partial charge in [0.15, 0.2) is 0 Å². The average molecular weight is 261 g/mol. The molecular weight excluding hydrogens is 244 g/mol. The van der Waals surface area contributed by atoms with Gasteiger partial charge in [0.1, 0.15) is 0 Å². The van der Waals surface area contributed by atoms with Gasteiger partial charge in [-0.25, -0.2) is 0 Å². The predicted octanol–water partition coefficient (Wildman–Crippen LogP) is 0.206. The van der Waals surface area contributed by atoms with Crippen LogP contribution in [-0.2, 0) is 9.53 Å². The van der Waals surface area contributed by atoms with E-state index in [4.69, 9.17) is 4.74 Å². The third-order valence-electron chi connectivity index (χ3n) is 3.08. The number of carbonyl (C=O) groups is 1. The minimum atomic E-state index is -0.120. The summed E-state index contributed by atoms with van der Waals surface area (Å²) in [7, 11) is 0. The van der Waals surface area contributed by atoms with E-state index in [9.17, 15) is 9.59 Å². The van der Waals surface area contributed by atoms with E-state index in [1.54, 1.807) is 30.6 Å². The van der Waals surface area contributed by atoms with Crippen LogP contribution in [0.1, 0.15) is 15.9 Å². The normalized spacial score (nSPS) is 16.0. The minimum Gasteiger partial charge on any atom is -0.379 e. The lowest BCUT2D eigenvalue weighted by Crippen LogP contribution is -2.41. The Kier molecular flexibility index (Phi) is 5.06. The number of hydrogen-bond acceptors (Lipinski definition) is 4. The molecule has 0 spiro atoms. The smallest absolute Gasteiger partial charge is 0.251 e. The van der Waals surface area contributed by atoms with Gasteiger partial charge in [0.05, 0.1) is 13.2 Å². The average Bonchev–Trinajstić information content (AvgIpc) is 2.48. The molecule has 5 heteroatoms. The van der Waals surface area contributed by atoms with Crippen LogP contribution in [0.4, 0.5) is 0 Å². The topological polar surface area (TPSA) is 58.6 Å². The number of nitrogens with zero attached hydrogens (tertiary/aromatic N) is 1. The Morgan fingerprint density at radius 2 is 1.95 bits per heavy atom. The Labute approximate surface area is 112 Å². The molecule has 0 aliphatic carbocycles.